The Kier molecular flexibility index (Phi) is 5.95. The van der Waals surface area contributed by atoms with Crippen molar-refractivity contribution in [3.8, 4) is 0 Å². The number of nitrogens with zero attached hydrogens (tertiary/aromatic N) is 1. The number of allylic oxidation sites excluding steroid dienone is 1. The van der Waals surface area contributed by atoms with Crippen LogP contribution < -0.4 is 0 Å². The van der Waals surface area contributed by atoms with E-state index < -0.39 is 5.54 Å². The summed E-state index contributed by atoms with van der Waals surface area (Å²) in [5.74, 6) is -0.454. The van der Waals surface area contributed by atoms with Gasteiger partial charge in [-0.2, -0.15) is 0 Å². The molecule has 102 valence electrons. The highest BCUT2D eigenvalue weighted by molar-refractivity contribution is 5.98. The summed E-state index contributed by atoms with van der Waals surface area (Å²) in [6.45, 7) is 12.6. The van der Waals surface area contributed by atoms with Crippen molar-refractivity contribution in [3.05, 3.63) is 12.2 Å². The summed E-state index contributed by atoms with van der Waals surface area (Å²) in [6.07, 6.45) is 0.134. The van der Waals surface area contributed by atoms with Crippen molar-refractivity contribution >= 4 is 17.5 Å². The highest BCUT2D eigenvalue weighted by Crippen LogP contribution is 2.16. The molecule has 0 saturated carbocycles. The van der Waals surface area contributed by atoms with Gasteiger partial charge in [0.1, 0.15) is 5.78 Å². The first-order chi connectivity index (χ1) is 8.05. The van der Waals surface area contributed by atoms with Gasteiger partial charge >= 0.3 is 0 Å². The molecule has 0 aliphatic heterocycles. The summed E-state index contributed by atoms with van der Waals surface area (Å²) in [4.78, 5) is 36.1. The molecule has 18 heavy (non-hydrogen) atoms. The van der Waals surface area contributed by atoms with E-state index >= 15 is 0 Å². The number of carbonyl (C=O) groups excluding carboxylic acids is 3. The number of hydrogen-bond acceptors (Lipinski definition) is 3. The Balaban J connectivity index is 4.72. The van der Waals surface area contributed by atoms with E-state index in [1.165, 1.54) is 6.92 Å². The van der Waals surface area contributed by atoms with Crippen molar-refractivity contribution in [1.29, 1.82) is 0 Å². The molecular formula is C14H23NO3. The molecule has 0 aromatic heterocycles. The molecule has 0 radical (unpaired) electrons. The van der Waals surface area contributed by atoms with Gasteiger partial charge in [-0.3, -0.25) is 14.4 Å². The van der Waals surface area contributed by atoms with E-state index in [1.54, 1.807) is 11.8 Å². The quantitative estimate of drug-likeness (QED) is 0.538. The molecule has 4 heteroatoms. The Morgan fingerprint density at radius 1 is 1.11 bits per heavy atom. The highest BCUT2D eigenvalue weighted by atomic mass is 16.2. The van der Waals surface area contributed by atoms with Gasteiger partial charge in [0.25, 0.3) is 0 Å². The van der Waals surface area contributed by atoms with Crippen LogP contribution in [0.1, 0.15) is 47.5 Å². The monoisotopic (exact) mass is 253 g/mol. The molecule has 0 aromatic rings. The van der Waals surface area contributed by atoms with Gasteiger partial charge in [-0.05, 0) is 40.2 Å². The summed E-state index contributed by atoms with van der Waals surface area (Å²) in [7, 11) is 0. The van der Waals surface area contributed by atoms with Gasteiger partial charge in [-0.25, -0.2) is 0 Å². The third-order valence-corrected chi connectivity index (χ3v) is 2.55. The summed E-state index contributed by atoms with van der Waals surface area (Å²) in [6, 6.07) is 0. The Morgan fingerprint density at radius 3 is 1.94 bits per heavy atom. The van der Waals surface area contributed by atoms with Crippen molar-refractivity contribution in [2.75, 3.05) is 6.54 Å². The van der Waals surface area contributed by atoms with E-state index in [0.717, 1.165) is 0 Å². The SMILES string of the molecule is C=C(C)C(=O)CCN(C(=O)CC(C)=O)C(C)(C)C. The minimum Gasteiger partial charge on any atom is -0.337 e. The van der Waals surface area contributed by atoms with Crippen LogP contribution in [0, 0.1) is 0 Å². The molecule has 0 aliphatic rings. The van der Waals surface area contributed by atoms with Crippen LogP contribution in [-0.4, -0.2) is 34.5 Å². The van der Waals surface area contributed by atoms with Crippen molar-refractivity contribution in [3.63, 3.8) is 0 Å². The summed E-state index contributed by atoms with van der Waals surface area (Å²) in [5.41, 5.74) is 0.0879. The first kappa shape index (κ1) is 16.6. The van der Waals surface area contributed by atoms with E-state index in [1.807, 2.05) is 20.8 Å². The molecule has 0 N–H and O–H groups in total. The average molecular weight is 253 g/mol. The van der Waals surface area contributed by atoms with E-state index in [9.17, 15) is 14.4 Å². The lowest BCUT2D eigenvalue weighted by Gasteiger charge is -2.35. The van der Waals surface area contributed by atoms with Crippen LogP contribution in [0.5, 0.6) is 0 Å². The van der Waals surface area contributed by atoms with Crippen molar-refractivity contribution in [2.45, 2.75) is 53.0 Å². The maximum atomic E-state index is 12.0. The van der Waals surface area contributed by atoms with Gasteiger partial charge in [-0.1, -0.05) is 6.58 Å². The zero-order valence-electron chi connectivity index (χ0n) is 12.0. The van der Waals surface area contributed by atoms with Gasteiger partial charge in [0.15, 0.2) is 5.78 Å². The Labute approximate surface area is 109 Å². The minimum absolute atomic E-state index is 0.0557. The van der Waals surface area contributed by atoms with Crippen LogP contribution in [0.4, 0.5) is 0 Å². The maximum Gasteiger partial charge on any atom is 0.230 e. The van der Waals surface area contributed by atoms with Crippen molar-refractivity contribution in [1.82, 2.24) is 4.90 Å². The van der Waals surface area contributed by atoms with Crippen LogP contribution in [0.3, 0.4) is 0 Å². The average Bonchev–Trinajstić information content (AvgIpc) is 2.13. The van der Waals surface area contributed by atoms with Gasteiger partial charge < -0.3 is 4.90 Å². The number of ketones is 2. The molecule has 4 nitrogen and oxygen atoms in total. The highest BCUT2D eigenvalue weighted by Gasteiger charge is 2.27. The zero-order valence-corrected chi connectivity index (χ0v) is 12.0. The second kappa shape index (κ2) is 6.47. The minimum atomic E-state index is -0.401. The molecule has 0 rings (SSSR count). The second-order valence-electron chi connectivity index (χ2n) is 5.55. The fourth-order valence-electron chi connectivity index (χ4n) is 1.57. The molecule has 0 spiro atoms. The van der Waals surface area contributed by atoms with E-state index in [2.05, 4.69) is 6.58 Å². The van der Waals surface area contributed by atoms with Gasteiger partial charge in [0, 0.05) is 18.5 Å². The molecule has 0 atom stereocenters. The molecule has 0 saturated heterocycles. The number of rotatable bonds is 6. The fraction of sp³-hybridized carbons (Fsp3) is 0.643. The van der Waals surface area contributed by atoms with Crippen molar-refractivity contribution < 1.29 is 14.4 Å². The summed E-state index contributed by atoms with van der Waals surface area (Å²) < 4.78 is 0. The Bertz CT molecular complexity index is 364. The number of hydrogen-bond donors (Lipinski definition) is 0. The molecule has 0 fully saturated rings. The van der Waals surface area contributed by atoms with Crippen LogP contribution >= 0.6 is 0 Å². The van der Waals surface area contributed by atoms with Gasteiger partial charge in [-0.15, -0.1) is 0 Å². The first-order valence-electron chi connectivity index (χ1n) is 6.04. The van der Waals surface area contributed by atoms with E-state index in [4.69, 9.17) is 0 Å². The third-order valence-electron chi connectivity index (χ3n) is 2.55. The number of carbonyl (C=O) groups is 3. The zero-order chi connectivity index (χ0) is 14.5. The largest absolute Gasteiger partial charge is 0.337 e. The topological polar surface area (TPSA) is 54.5 Å². The third kappa shape index (κ3) is 5.75. The van der Waals surface area contributed by atoms with E-state index in [-0.39, 0.29) is 30.3 Å². The summed E-state index contributed by atoms with van der Waals surface area (Å²) in [5, 5.41) is 0. The first-order valence-corrected chi connectivity index (χ1v) is 6.04. The van der Waals surface area contributed by atoms with Crippen LogP contribution in [-0.2, 0) is 14.4 Å². The van der Waals surface area contributed by atoms with Gasteiger partial charge in [0.2, 0.25) is 5.91 Å². The Morgan fingerprint density at radius 2 is 1.61 bits per heavy atom. The van der Waals surface area contributed by atoms with Crippen LogP contribution in [0.15, 0.2) is 12.2 Å². The predicted octanol–water partition coefficient (Wildman–Crippen LogP) is 2.13. The Hall–Kier alpha value is -1.45. The number of amides is 1. The lowest BCUT2D eigenvalue weighted by atomic mass is 10.0. The standard InChI is InChI=1S/C14H23NO3/c1-10(2)12(17)7-8-15(14(4,5)6)13(18)9-11(3)16/h1,7-9H2,2-6H3. The second-order valence-corrected chi connectivity index (χ2v) is 5.55. The lowest BCUT2D eigenvalue weighted by Crippen LogP contribution is -2.47. The smallest absolute Gasteiger partial charge is 0.230 e. The maximum absolute atomic E-state index is 12.0. The molecule has 0 heterocycles. The molecule has 1 amide bonds. The molecule has 0 unspecified atom stereocenters. The van der Waals surface area contributed by atoms with Crippen LogP contribution in [0.2, 0.25) is 0 Å². The van der Waals surface area contributed by atoms with Crippen molar-refractivity contribution in [2.24, 2.45) is 0 Å². The molecule has 0 aromatic carbocycles. The summed E-state index contributed by atoms with van der Waals surface area (Å²) >= 11 is 0. The molecular weight excluding hydrogens is 230 g/mol. The van der Waals surface area contributed by atoms with E-state index in [0.29, 0.717) is 12.1 Å². The molecule has 0 bridgehead atoms. The normalized spacial score (nSPS) is 10.9. The molecule has 0 aliphatic carbocycles. The predicted molar refractivity (Wildman–Crippen MR) is 71.2 cm³/mol. The lowest BCUT2D eigenvalue weighted by molar-refractivity contribution is -0.139. The van der Waals surface area contributed by atoms with Gasteiger partial charge in [0.05, 0.1) is 6.42 Å². The number of Topliss-reactive ketones (excluding diaryl/α,β-unsaturated/α-hetero) is 2. The van der Waals surface area contributed by atoms with Crippen LogP contribution in [0.25, 0.3) is 0 Å². The fourth-order valence-corrected chi connectivity index (χ4v) is 1.57.